The predicted molar refractivity (Wildman–Crippen MR) is 93.8 cm³/mol. The lowest BCUT2D eigenvalue weighted by Crippen LogP contribution is -2.33. The monoisotopic (exact) mass is 447 g/mol. The molecule has 0 saturated heterocycles. The molecular formula is C14H21F3IN3O2. The van der Waals surface area contributed by atoms with Crippen molar-refractivity contribution in [1.29, 1.82) is 0 Å². The van der Waals surface area contributed by atoms with Crippen LogP contribution in [0.5, 0.6) is 11.5 Å². The minimum Gasteiger partial charge on any atom is -0.493 e. The Bertz CT molecular complexity index is 511. The minimum atomic E-state index is -4.22. The van der Waals surface area contributed by atoms with E-state index >= 15 is 0 Å². The largest absolute Gasteiger partial charge is 0.493 e. The first-order chi connectivity index (χ1) is 10.4. The Hall–Kier alpha value is -1.39. The topological polar surface area (TPSA) is 68.9 Å². The van der Waals surface area contributed by atoms with Crippen molar-refractivity contribution in [3.63, 3.8) is 0 Å². The van der Waals surface area contributed by atoms with Gasteiger partial charge >= 0.3 is 6.18 Å². The number of ether oxygens (including phenoxy) is 2. The molecule has 0 amide bonds. The van der Waals surface area contributed by atoms with Crippen LogP contribution in [-0.4, -0.2) is 39.4 Å². The molecule has 0 radical (unpaired) electrons. The number of aliphatic imine (C=N–C) groups is 1. The molecule has 1 aromatic carbocycles. The Morgan fingerprint density at radius 1 is 1.22 bits per heavy atom. The number of nitrogens with zero attached hydrogens (tertiary/aromatic N) is 1. The number of benzene rings is 1. The summed E-state index contributed by atoms with van der Waals surface area (Å²) in [6.45, 7) is 0.0789. The van der Waals surface area contributed by atoms with Gasteiger partial charge in [-0.2, -0.15) is 13.2 Å². The summed E-state index contributed by atoms with van der Waals surface area (Å²) in [6.07, 6.45) is -4.58. The first-order valence-corrected chi connectivity index (χ1v) is 6.67. The smallest absolute Gasteiger partial charge is 0.390 e. The molecule has 1 rings (SSSR count). The van der Waals surface area contributed by atoms with Crippen molar-refractivity contribution < 1.29 is 22.6 Å². The van der Waals surface area contributed by atoms with E-state index in [0.29, 0.717) is 24.5 Å². The van der Waals surface area contributed by atoms with Gasteiger partial charge in [0.2, 0.25) is 0 Å². The van der Waals surface area contributed by atoms with E-state index in [1.54, 1.807) is 20.3 Å². The second kappa shape index (κ2) is 10.4. The Labute approximate surface area is 150 Å². The van der Waals surface area contributed by atoms with E-state index in [2.05, 4.69) is 10.3 Å². The number of halogens is 4. The Balaban J connectivity index is 0.00000484. The quantitative estimate of drug-likeness (QED) is 0.383. The van der Waals surface area contributed by atoms with Gasteiger partial charge in [0, 0.05) is 6.54 Å². The van der Waals surface area contributed by atoms with E-state index in [4.69, 9.17) is 15.2 Å². The van der Waals surface area contributed by atoms with E-state index in [0.717, 1.165) is 5.56 Å². The van der Waals surface area contributed by atoms with Crippen molar-refractivity contribution in [3.8, 4) is 11.5 Å². The number of rotatable bonds is 7. The van der Waals surface area contributed by atoms with Gasteiger partial charge in [0.05, 0.1) is 27.2 Å². The molecule has 9 heteroatoms. The fourth-order valence-electron chi connectivity index (χ4n) is 1.73. The van der Waals surface area contributed by atoms with Crippen molar-refractivity contribution in [2.24, 2.45) is 10.7 Å². The zero-order valence-corrected chi connectivity index (χ0v) is 15.3. The standard InChI is InChI=1S/C14H20F3N3O2.HI/c1-21-11-4-3-10(9-12(11)22-2)5-7-19-13(18)20-8-6-14(15,16)17;/h3-4,9H,5-8H2,1-2H3,(H3,18,19,20);1H. The highest BCUT2D eigenvalue weighted by atomic mass is 127. The summed E-state index contributed by atoms with van der Waals surface area (Å²) in [5.41, 5.74) is 6.48. The van der Waals surface area contributed by atoms with Gasteiger partial charge in [-0.3, -0.25) is 4.99 Å². The summed E-state index contributed by atoms with van der Waals surface area (Å²) in [5.74, 6) is 1.25. The SMILES string of the molecule is COc1ccc(CCNC(N)=NCCC(F)(F)F)cc1OC.I. The zero-order valence-electron chi connectivity index (χ0n) is 12.9. The molecule has 0 atom stereocenters. The van der Waals surface area contributed by atoms with Gasteiger partial charge in [0.25, 0.3) is 0 Å². The lowest BCUT2D eigenvalue weighted by Gasteiger charge is -2.10. The molecule has 5 nitrogen and oxygen atoms in total. The van der Waals surface area contributed by atoms with Crippen LogP contribution >= 0.6 is 24.0 Å². The van der Waals surface area contributed by atoms with Crippen molar-refractivity contribution in [2.75, 3.05) is 27.3 Å². The molecule has 132 valence electrons. The Kier molecular flexibility index (Phi) is 9.77. The number of guanidine groups is 1. The Morgan fingerprint density at radius 2 is 1.87 bits per heavy atom. The lowest BCUT2D eigenvalue weighted by molar-refractivity contribution is -0.132. The van der Waals surface area contributed by atoms with Crippen LogP contribution in [0.15, 0.2) is 23.2 Å². The zero-order chi connectivity index (χ0) is 16.6. The van der Waals surface area contributed by atoms with Crippen LogP contribution in [-0.2, 0) is 6.42 Å². The molecule has 0 aliphatic rings. The predicted octanol–water partition coefficient (Wildman–Crippen LogP) is 2.72. The summed E-state index contributed by atoms with van der Waals surface area (Å²) >= 11 is 0. The number of nitrogens with one attached hydrogen (secondary N) is 1. The highest BCUT2D eigenvalue weighted by Gasteiger charge is 2.26. The number of alkyl halides is 3. The number of hydrogen-bond acceptors (Lipinski definition) is 3. The molecular weight excluding hydrogens is 426 g/mol. The van der Waals surface area contributed by atoms with Gasteiger partial charge in [-0.15, -0.1) is 24.0 Å². The molecule has 1 aromatic rings. The molecule has 0 unspecified atom stereocenters. The molecule has 0 aliphatic carbocycles. The first-order valence-electron chi connectivity index (χ1n) is 6.67. The summed E-state index contributed by atoms with van der Waals surface area (Å²) < 4.78 is 46.2. The van der Waals surface area contributed by atoms with Gasteiger partial charge in [-0.05, 0) is 24.1 Å². The molecule has 3 N–H and O–H groups in total. The van der Waals surface area contributed by atoms with Gasteiger partial charge in [0.15, 0.2) is 17.5 Å². The molecule has 0 fully saturated rings. The average Bonchev–Trinajstić information content (AvgIpc) is 2.45. The minimum absolute atomic E-state index is 0. The first kappa shape index (κ1) is 21.6. The molecule has 0 spiro atoms. The van der Waals surface area contributed by atoms with Crippen LogP contribution in [0.25, 0.3) is 0 Å². The summed E-state index contributed by atoms with van der Waals surface area (Å²) in [7, 11) is 3.10. The van der Waals surface area contributed by atoms with Crippen molar-refractivity contribution >= 4 is 29.9 Å². The maximum absolute atomic E-state index is 12.0. The molecule has 0 saturated carbocycles. The van der Waals surface area contributed by atoms with Crippen molar-refractivity contribution in [3.05, 3.63) is 23.8 Å². The van der Waals surface area contributed by atoms with E-state index < -0.39 is 12.6 Å². The van der Waals surface area contributed by atoms with Gasteiger partial charge in [-0.1, -0.05) is 6.07 Å². The van der Waals surface area contributed by atoms with Crippen LogP contribution in [0.2, 0.25) is 0 Å². The average molecular weight is 447 g/mol. The van der Waals surface area contributed by atoms with Gasteiger partial charge in [-0.25, -0.2) is 0 Å². The molecule has 0 aliphatic heterocycles. The van der Waals surface area contributed by atoms with E-state index in [1.165, 1.54) is 0 Å². The van der Waals surface area contributed by atoms with Crippen LogP contribution in [0.1, 0.15) is 12.0 Å². The van der Waals surface area contributed by atoms with E-state index in [-0.39, 0.29) is 36.5 Å². The summed E-state index contributed by atoms with van der Waals surface area (Å²) in [5, 5.41) is 2.77. The second-order valence-electron chi connectivity index (χ2n) is 4.50. The Morgan fingerprint density at radius 3 is 2.43 bits per heavy atom. The molecule has 23 heavy (non-hydrogen) atoms. The maximum Gasteiger partial charge on any atom is 0.390 e. The van der Waals surface area contributed by atoms with Gasteiger partial charge in [0.1, 0.15) is 0 Å². The number of hydrogen-bond donors (Lipinski definition) is 2. The number of nitrogens with two attached hydrogens (primary N) is 1. The van der Waals surface area contributed by atoms with Crippen LogP contribution in [0.3, 0.4) is 0 Å². The lowest BCUT2D eigenvalue weighted by atomic mass is 10.1. The molecule has 0 bridgehead atoms. The van der Waals surface area contributed by atoms with E-state index in [9.17, 15) is 13.2 Å². The second-order valence-corrected chi connectivity index (χ2v) is 4.50. The summed E-state index contributed by atoms with van der Waals surface area (Å²) in [6, 6.07) is 5.49. The molecule has 0 aromatic heterocycles. The summed E-state index contributed by atoms with van der Waals surface area (Å²) in [4.78, 5) is 3.62. The third-order valence-electron chi connectivity index (χ3n) is 2.85. The fourth-order valence-corrected chi connectivity index (χ4v) is 1.73. The van der Waals surface area contributed by atoms with Gasteiger partial charge < -0.3 is 20.5 Å². The van der Waals surface area contributed by atoms with E-state index in [1.807, 2.05) is 12.1 Å². The van der Waals surface area contributed by atoms with Crippen molar-refractivity contribution in [1.82, 2.24) is 5.32 Å². The normalized spacial score (nSPS) is 11.6. The third-order valence-corrected chi connectivity index (χ3v) is 2.85. The maximum atomic E-state index is 12.0. The highest BCUT2D eigenvalue weighted by molar-refractivity contribution is 14.0. The van der Waals surface area contributed by atoms with Crippen LogP contribution < -0.4 is 20.5 Å². The van der Waals surface area contributed by atoms with Crippen LogP contribution in [0, 0.1) is 0 Å². The number of methoxy groups -OCH3 is 2. The van der Waals surface area contributed by atoms with Crippen molar-refractivity contribution in [2.45, 2.75) is 19.0 Å². The highest BCUT2D eigenvalue weighted by Crippen LogP contribution is 2.27. The van der Waals surface area contributed by atoms with Crippen LogP contribution in [0.4, 0.5) is 13.2 Å². The third kappa shape index (κ3) is 8.72. The fraction of sp³-hybridized carbons (Fsp3) is 0.500. The molecule has 0 heterocycles.